The fraction of sp³-hybridized carbons (Fsp3) is 0.125. The molecule has 2 aromatic rings. The molecule has 124 valence electrons. The molecule has 0 aliphatic heterocycles. The molecule has 0 aliphatic carbocycles. The quantitative estimate of drug-likeness (QED) is 0.829. The molecule has 2 rings (SSSR count). The Hall–Kier alpha value is -2.76. The van der Waals surface area contributed by atoms with Crippen LogP contribution in [0.4, 0.5) is 4.39 Å². The van der Waals surface area contributed by atoms with Gasteiger partial charge in [-0.05, 0) is 36.2 Å². The first-order valence-electron chi connectivity index (χ1n) is 6.85. The molecule has 8 heteroatoms. The highest BCUT2D eigenvalue weighted by Crippen LogP contribution is 2.15. The highest BCUT2D eigenvalue weighted by molar-refractivity contribution is 7.89. The van der Waals surface area contributed by atoms with Gasteiger partial charge in [-0.2, -0.15) is 5.26 Å². The number of carboxylic acids is 1. The number of aromatic carboxylic acids is 1. The van der Waals surface area contributed by atoms with Crippen molar-refractivity contribution in [2.24, 2.45) is 0 Å². The van der Waals surface area contributed by atoms with Crippen LogP contribution in [0.3, 0.4) is 0 Å². The monoisotopic (exact) mass is 348 g/mol. The predicted octanol–water partition coefficient (Wildman–Crippen LogP) is 1.92. The molecule has 2 N–H and O–H groups in total. The molecule has 24 heavy (non-hydrogen) atoms. The number of hydrogen-bond donors (Lipinski definition) is 2. The van der Waals surface area contributed by atoms with Crippen LogP contribution < -0.4 is 4.72 Å². The largest absolute Gasteiger partial charge is 0.478 e. The van der Waals surface area contributed by atoms with E-state index in [0.717, 1.165) is 18.2 Å². The summed E-state index contributed by atoms with van der Waals surface area (Å²) in [5.74, 6) is -1.89. The van der Waals surface area contributed by atoms with Gasteiger partial charge in [0.05, 0.1) is 16.0 Å². The lowest BCUT2D eigenvalue weighted by molar-refractivity contribution is 0.0695. The zero-order valence-electron chi connectivity index (χ0n) is 12.4. The number of benzene rings is 2. The zero-order chi connectivity index (χ0) is 17.7. The van der Waals surface area contributed by atoms with Crippen molar-refractivity contribution in [3.63, 3.8) is 0 Å². The number of rotatable bonds is 6. The van der Waals surface area contributed by atoms with Crippen molar-refractivity contribution in [2.45, 2.75) is 11.3 Å². The maximum atomic E-state index is 13.3. The molecule has 0 saturated carbocycles. The van der Waals surface area contributed by atoms with Gasteiger partial charge in [0.25, 0.3) is 0 Å². The minimum absolute atomic E-state index is 0.0358. The Morgan fingerprint density at radius 3 is 2.62 bits per heavy atom. The average Bonchev–Trinajstić information content (AvgIpc) is 2.55. The maximum absolute atomic E-state index is 13.3. The second-order valence-electron chi connectivity index (χ2n) is 4.86. The summed E-state index contributed by atoms with van der Waals surface area (Å²) in [6, 6.07) is 10.8. The number of hydrogen-bond acceptors (Lipinski definition) is 4. The molecule has 0 spiro atoms. The minimum Gasteiger partial charge on any atom is -0.478 e. The Balaban J connectivity index is 2.12. The fourth-order valence-electron chi connectivity index (χ4n) is 2.11. The molecule has 0 atom stereocenters. The smallest absolute Gasteiger partial charge is 0.335 e. The van der Waals surface area contributed by atoms with Crippen molar-refractivity contribution in [1.82, 2.24) is 4.72 Å². The number of carbonyl (C=O) groups is 1. The molecule has 2 aromatic carbocycles. The van der Waals surface area contributed by atoms with E-state index < -0.39 is 21.8 Å². The summed E-state index contributed by atoms with van der Waals surface area (Å²) in [6.45, 7) is -0.0358. The number of carboxylic acid groups (broad SMARTS) is 1. The molecule has 0 heterocycles. The van der Waals surface area contributed by atoms with Gasteiger partial charge in [0.1, 0.15) is 11.9 Å². The number of nitrogens with zero attached hydrogens (tertiary/aromatic N) is 1. The lowest BCUT2D eigenvalue weighted by Gasteiger charge is -2.09. The molecule has 0 radical (unpaired) electrons. The second kappa shape index (κ2) is 7.21. The van der Waals surface area contributed by atoms with Crippen molar-refractivity contribution < 1.29 is 22.7 Å². The molecule has 6 nitrogen and oxygen atoms in total. The van der Waals surface area contributed by atoms with E-state index in [1.54, 1.807) is 24.3 Å². The molecule has 0 aromatic heterocycles. The Bertz CT molecular complexity index is 920. The van der Waals surface area contributed by atoms with Crippen molar-refractivity contribution >= 4 is 16.0 Å². The van der Waals surface area contributed by atoms with E-state index in [0.29, 0.717) is 5.56 Å². The molecule has 0 bridgehead atoms. The van der Waals surface area contributed by atoms with Crippen LogP contribution >= 0.6 is 0 Å². The summed E-state index contributed by atoms with van der Waals surface area (Å²) in [5, 5.41) is 17.8. The van der Waals surface area contributed by atoms with Crippen LogP contribution in [0.2, 0.25) is 0 Å². The zero-order valence-corrected chi connectivity index (χ0v) is 13.2. The third kappa shape index (κ3) is 3.95. The van der Waals surface area contributed by atoms with Crippen LogP contribution in [0.5, 0.6) is 0 Å². The van der Waals surface area contributed by atoms with E-state index in [4.69, 9.17) is 10.4 Å². The molecular weight excluding hydrogens is 335 g/mol. The van der Waals surface area contributed by atoms with E-state index in [1.807, 2.05) is 0 Å². The summed E-state index contributed by atoms with van der Waals surface area (Å²) in [5.41, 5.74) is 0.226. The van der Waals surface area contributed by atoms with E-state index in [2.05, 4.69) is 4.72 Å². The first-order chi connectivity index (χ1) is 11.3. The van der Waals surface area contributed by atoms with Crippen LogP contribution in [-0.2, 0) is 16.4 Å². The van der Waals surface area contributed by atoms with Gasteiger partial charge in [-0.25, -0.2) is 22.3 Å². The average molecular weight is 348 g/mol. The van der Waals surface area contributed by atoms with Crippen LogP contribution in [0, 0.1) is 17.1 Å². The molecule has 0 aliphatic rings. The predicted molar refractivity (Wildman–Crippen MR) is 83.4 cm³/mol. The highest BCUT2D eigenvalue weighted by Gasteiger charge is 2.16. The van der Waals surface area contributed by atoms with Crippen LogP contribution in [0.15, 0.2) is 47.4 Å². The maximum Gasteiger partial charge on any atom is 0.335 e. The Morgan fingerprint density at radius 1 is 1.25 bits per heavy atom. The molecular formula is C16H13FN2O4S. The number of sulfonamides is 1. The fourth-order valence-corrected chi connectivity index (χ4v) is 3.17. The Labute approximate surface area is 138 Å². The van der Waals surface area contributed by atoms with Crippen LogP contribution in [-0.4, -0.2) is 26.0 Å². The summed E-state index contributed by atoms with van der Waals surface area (Å²) in [7, 11) is -3.93. The van der Waals surface area contributed by atoms with E-state index >= 15 is 0 Å². The first kappa shape index (κ1) is 17.6. The number of nitriles is 1. The van der Waals surface area contributed by atoms with Crippen molar-refractivity contribution in [3.8, 4) is 6.07 Å². The standard InChI is InChI=1S/C16H13FN2O4S/c17-15-6-5-13(9-12(15)10-18)24(22,23)19-8-7-11-3-1-2-4-14(11)16(20)21/h1-6,9,19H,7-8H2,(H,20,21). The Morgan fingerprint density at radius 2 is 1.96 bits per heavy atom. The van der Waals surface area contributed by atoms with Gasteiger partial charge in [-0.1, -0.05) is 18.2 Å². The molecule has 0 unspecified atom stereocenters. The third-order valence-corrected chi connectivity index (χ3v) is 4.76. The van der Waals surface area contributed by atoms with Gasteiger partial charge < -0.3 is 5.11 Å². The van der Waals surface area contributed by atoms with Crippen molar-refractivity contribution in [2.75, 3.05) is 6.54 Å². The molecule has 0 amide bonds. The number of halogens is 1. The minimum atomic E-state index is -3.93. The van der Waals surface area contributed by atoms with Crippen LogP contribution in [0.25, 0.3) is 0 Å². The number of nitrogens with one attached hydrogen (secondary N) is 1. The van der Waals surface area contributed by atoms with E-state index in [9.17, 15) is 17.6 Å². The summed E-state index contributed by atoms with van der Waals surface area (Å²) < 4.78 is 39.9. The van der Waals surface area contributed by atoms with Crippen molar-refractivity contribution in [3.05, 3.63) is 65.0 Å². The summed E-state index contributed by atoms with van der Waals surface area (Å²) in [4.78, 5) is 10.9. The lowest BCUT2D eigenvalue weighted by atomic mass is 10.1. The molecule has 0 fully saturated rings. The van der Waals surface area contributed by atoms with Crippen LogP contribution in [0.1, 0.15) is 21.5 Å². The normalized spacial score (nSPS) is 11.0. The van der Waals surface area contributed by atoms with Gasteiger partial charge in [-0.3, -0.25) is 0 Å². The highest BCUT2D eigenvalue weighted by atomic mass is 32.2. The van der Waals surface area contributed by atoms with Gasteiger partial charge in [0.15, 0.2) is 0 Å². The van der Waals surface area contributed by atoms with Gasteiger partial charge >= 0.3 is 5.97 Å². The second-order valence-corrected chi connectivity index (χ2v) is 6.63. The lowest BCUT2D eigenvalue weighted by Crippen LogP contribution is -2.26. The summed E-state index contributed by atoms with van der Waals surface area (Å²) >= 11 is 0. The van der Waals surface area contributed by atoms with E-state index in [1.165, 1.54) is 6.07 Å². The Kier molecular flexibility index (Phi) is 5.28. The van der Waals surface area contributed by atoms with Crippen molar-refractivity contribution in [1.29, 1.82) is 5.26 Å². The first-order valence-corrected chi connectivity index (χ1v) is 8.34. The SMILES string of the molecule is N#Cc1cc(S(=O)(=O)NCCc2ccccc2C(=O)O)ccc1F. The van der Waals surface area contributed by atoms with Gasteiger partial charge in [0.2, 0.25) is 10.0 Å². The topological polar surface area (TPSA) is 107 Å². The van der Waals surface area contributed by atoms with Gasteiger partial charge in [-0.15, -0.1) is 0 Å². The van der Waals surface area contributed by atoms with Gasteiger partial charge in [0, 0.05) is 6.54 Å². The summed E-state index contributed by atoms with van der Waals surface area (Å²) in [6.07, 6.45) is 0.175. The molecule has 0 saturated heterocycles. The van der Waals surface area contributed by atoms with E-state index in [-0.39, 0.29) is 29.0 Å². The third-order valence-electron chi connectivity index (χ3n) is 3.30.